The standard InChI is InChI=1S/C28H34F2N2O3/c1-28(2,3)35-27(34)31-15-12-19(13-16-31)17-26(33)32-14-4-5-23(20-6-8-21(29)9-7-20)24-11-10-22(30)18-25(24)32/h6-11,18-19,23H,4-5,12-17H2,1-3H3. The van der Waals surface area contributed by atoms with Crippen molar-refractivity contribution in [1.29, 1.82) is 0 Å². The fourth-order valence-electron chi connectivity index (χ4n) is 5.08. The second-order valence-electron chi connectivity index (χ2n) is 10.6. The van der Waals surface area contributed by atoms with Gasteiger partial charge in [-0.1, -0.05) is 18.2 Å². The average Bonchev–Trinajstić information content (AvgIpc) is 2.98. The first-order valence-corrected chi connectivity index (χ1v) is 12.4. The van der Waals surface area contributed by atoms with E-state index in [2.05, 4.69) is 0 Å². The summed E-state index contributed by atoms with van der Waals surface area (Å²) in [7, 11) is 0. The molecule has 5 nitrogen and oxygen atoms in total. The molecule has 188 valence electrons. The summed E-state index contributed by atoms with van der Waals surface area (Å²) in [5, 5.41) is 0. The highest BCUT2D eigenvalue weighted by atomic mass is 19.1. The maximum absolute atomic E-state index is 14.3. The summed E-state index contributed by atoms with van der Waals surface area (Å²) in [6.45, 7) is 7.18. The summed E-state index contributed by atoms with van der Waals surface area (Å²) in [5.41, 5.74) is 1.92. The highest BCUT2D eigenvalue weighted by Gasteiger charge is 2.32. The van der Waals surface area contributed by atoms with E-state index >= 15 is 0 Å². The molecule has 0 aromatic heterocycles. The molecule has 2 aromatic rings. The van der Waals surface area contributed by atoms with Crippen molar-refractivity contribution in [3.05, 3.63) is 65.2 Å². The number of carbonyl (C=O) groups is 2. The van der Waals surface area contributed by atoms with E-state index in [-0.39, 0.29) is 35.5 Å². The molecule has 0 aliphatic carbocycles. The van der Waals surface area contributed by atoms with Gasteiger partial charge in [0.25, 0.3) is 0 Å². The first-order valence-electron chi connectivity index (χ1n) is 12.4. The summed E-state index contributed by atoms with van der Waals surface area (Å²) in [4.78, 5) is 29.2. The van der Waals surface area contributed by atoms with E-state index in [9.17, 15) is 18.4 Å². The van der Waals surface area contributed by atoms with E-state index in [0.29, 0.717) is 31.7 Å². The molecule has 2 aliphatic heterocycles. The zero-order chi connectivity index (χ0) is 25.2. The largest absolute Gasteiger partial charge is 0.444 e. The molecule has 2 aliphatic rings. The highest BCUT2D eigenvalue weighted by Crippen LogP contribution is 2.39. The molecule has 4 rings (SSSR count). The molecule has 35 heavy (non-hydrogen) atoms. The Kier molecular flexibility index (Phi) is 7.43. The molecule has 1 unspecified atom stereocenters. The Morgan fingerprint density at radius 3 is 2.26 bits per heavy atom. The fourth-order valence-corrected chi connectivity index (χ4v) is 5.08. The van der Waals surface area contributed by atoms with Gasteiger partial charge >= 0.3 is 6.09 Å². The summed E-state index contributed by atoms with van der Waals surface area (Å²) < 4.78 is 33.2. The van der Waals surface area contributed by atoms with E-state index in [0.717, 1.165) is 36.8 Å². The van der Waals surface area contributed by atoms with Crippen LogP contribution in [0.1, 0.15) is 69.9 Å². The van der Waals surface area contributed by atoms with Crippen molar-refractivity contribution in [3.63, 3.8) is 0 Å². The van der Waals surface area contributed by atoms with Gasteiger partial charge < -0.3 is 14.5 Å². The van der Waals surface area contributed by atoms with E-state index in [1.54, 1.807) is 28.0 Å². The number of piperidine rings is 1. The second kappa shape index (κ2) is 10.3. The van der Waals surface area contributed by atoms with Gasteiger partial charge in [0, 0.05) is 32.0 Å². The number of anilines is 1. The third-order valence-corrected chi connectivity index (χ3v) is 6.84. The van der Waals surface area contributed by atoms with Gasteiger partial charge in [-0.2, -0.15) is 0 Å². The van der Waals surface area contributed by atoms with E-state index in [1.807, 2.05) is 20.8 Å². The molecule has 0 radical (unpaired) electrons. The predicted molar refractivity (Wildman–Crippen MR) is 131 cm³/mol. The minimum absolute atomic E-state index is 0.0210. The number of ether oxygens (including phenoxy) is 1. The Morgan fingerprint density at radius 2 is 1.60 bits per heavy atom. The van der Waals surface area contributed by atoms with Crippen LogP contribution in [0.15, 0.2) is 42.5 Å². The number of nitrogens with zero attached hydrogens (tertiary/aromatic N) is 2. The molecular weight excluding hydrogens is 450 g/mol. The number of hydrogen-bond acceptors (Lipinski definition) is 3. The molecular formula is C28H34F2N2O3. The topological polar surface area (TPSA) is 49.9 Å². The second-order valence-corrected chi connectivity index (χ2v) is 10.6. The molecule has 0 bridgehead atoms. The zero-order valence-electron chi connectivity index (χ0n) is 20.7. The molecule has 1 fully saturated rings. The number of carbonyl (C=O) groups excluding carboxylic acids is 2. The van der Waals surface area contributed by atoms with Gasteiger partial charge in [0.2, 0.25) is 5.91 Å². The SMILES string of the molecule is CC(C)(C)OC(=O)N1CCC(CC(=O)N2CCCC(c3ccc(F)cc3)c3ccc(F)cc32)CC1. The summed E-state index contributed by atoms with van der Waals surface area (Å²) in [5.74, 6) is -0.564. The van der Waals surface area contributed by atoms with Crippen molar-refractivity contribution in [1.82, 2.24) is 4.90 Å². The van der Waals surface area contributed by atoms with Gasteiger partial charge in [0.15, 0.2) is 0 Å². The molecule has 2 amide bonds. The molecule has 2 heterocycles. The number of fused-ring (bicyclic) bond motifs is 1. The Balaban J connectivity index is 1.46. The Hall–Kier alpha value is -2.96. The highest BCUT2D eigenvalue weighted by molar-refractivity contribution is 5.94. The number of likely N-dealkylation sites (tertiary alicyclic amines) is 1. The van der Waals surface area contributed by atoms with Crippen LogP contribution in [0.2, 0.25) is 0 Å². The first-order chi connectivity index (χ1) is 16.6. The monoisotopic (exact) mass is 484 g/mol. The number of halogens is 2. The van der Waals surface area contributed by atoms with Crippen LogP contribution >= 0.6 is 0 Å². The molecule has 2 aromatic carbocycles. The minimum atomic E-state index is -0.537. The Labute approximate surface area is 206 Å². The number of hydrogen-bond donors (Lipinski definition) is 0. The van der Waals surface area contributed by atoms with Crippen molar-refractivity contribution in [2.45, 2.75) is 64.4 Å². The van der Waals surface area contributed by atoms with Gasteiger partial charge in [-0.25, -0.2) is 13.6 Å². The van der Waals surface area contributed by atoms with Gasteiger partial charge in [0.1, 0.15) is 17.2 Å². The van der Waals surface area contributed by atoms with E-state index in [1.165, 1.54) is 24.3 Å². The molecule has 0 spiro atoms. The number of benzene rings is 2. The van der Waals surface area contributed by atoms with Crippen LogP contribution in [0, 0.1) is 17.6 Å². The maximum atomic E-state index is 14.3. The quantitative estimate of drug-likeness (QED) is 0.517. The fraction of sp³-hybridized carbons (Fsp3) is 0.500. The third-order valence-electron chi connectivity index (χ3n) is 6.84. The Bertz CT molecular complexity index is 1060. The van der Waals surface area contributed by atoms with Crippen molar-refractivity contribution in [3.8, 4) is 0 Å². The van der Waals surface area contributed by atoms with Crippen LogP contribution in [-0.4, -0.2) is 42.1 Å². The van der Waals surface area contributed by atoms with Crippen LogP contribution in [0.5, 0.6) is 0 Å². The van der Waals surface area contributed by atoms with Crippen LogP contribution in [0.4, 0.5) is 19.3 Å². The van der Waals surface area contributed by atoms with Crippen molar-refractivity contribution >= 4 is 17.7 Å². The van der Waals surface area contributed by atoms with Gasteiger partial charge in [-0.05, 0) is 87.8 Å². The van der Waals surface area contributed by atoms with Crippen molar-refractivity contribution in [2.75, 3.05) is 24.5 Å². The number of amides is 2. The third kappa shape index (κ3) is 6.19. The zero-order valence-corrected chi connectivity index (χ0v) is 20.7. The molecule has 1 saturated heterocycles. The van der Waals surface area contributed by atoms with E-state index < -0.39 is 5.60 Å². The minimum Gasteiger partial charge on any atom is -0.444 e. The first kappa shape index (κ1) is 25.1. The molecule has 0 N–H and O–H groups in total. The molecule has 0 saturated carbocycles. The predicted octanol–water partition coefficient (Wildman–Crippen LogP) is 6.26. The number of rotatable bonds is 3. The lowest BCUT2D eigenvalue weighted by Gasteiger charge is -2.34. The van der Waals surface area contributed by atoms with Gasteiger partial charge in [0.05, 0.1) is 5.69 Å². The molecule has 7 heteroatoms. The molecule has 1 atom stereocenters. The van der Waals surface area contributed by atoms with Crippen LogP contribution in [-0.2, 0) is 9.53 Å². The maximum Gasteiger partial charge on any atom is 0.410 e. The average molecular weight is 485 g/mol. The van der Waals surface area contributed by atoms with Crippen molar-refractivity contribution < 1.29 is 23.1 Å². The van der Waals surface area contributed by atoms with Crippen LogP contribution in [0.25, 0.3) is 0 Å². The Morgan fingerprint density at radius 1 is 0.943 bits per heavy atom. The lowest BCUT2D eigenvalue weighted by atomic mass is 9.87. The van der Waals surface area contributed by atoms with Gasteiger partial charge in [-0.15, -0.1) is 0 Å². The normalized spacial score (nSPS) is 19.2. The summed E-state index contributed by atoms with van der Waals surface area (Å²) in [6.07, 6.45) is 3.06. The van der Waals surface area contributed by atoms with Crippen LogP contribution < -0.4 is 4.90 Å². The van der Waals surface area contributed by atoms with Crippen molar-refractivity contribution in [2.24, 2.45) is 5.92 Å². The van der Waals surface area contributed by atoms with Crippen LogP contribution in [0.3, 0.4) is 0 Å². The lowest BCUT2D eigenvalue weighted by Crippen LogP contribution is -2.42. The lowest BCUT2D eigenvalue weighted by molar-refractivity contribution is -0.119. The summed E-state index contributed by atoms with van der Waals surface area (Å²) >= 11 is 0. The summed E-state index contributed by atoms with van der Waals surface area (Å²) in [6, 6.07) is 11.0. The van der Waals surface area contributed by atoms with Gasteiger partial charge in [-0.3, -0.25) is 4.79 Å². The van der Waals surface area contributed by atoms with E-state index in [4.69, 9.17) is 4.74 Å². The smallest absolute Gasteiger partial charge is 0.410 e.